The van der Waals surface area contributed by atoms with Crippen molar-refractivity contribution in [1.82, 2.24) is 0 Å². The maximum absolute atomic E-state index is 6.48. The Balaban J connectivity index is 1.83. The Hall–Kier alpha value is -1.84. The molecule has 4 rings (SSSR count). The van der Waals surface area contributed by atoms with Crippen LogP contribution in [0, 0.1) is 6.92 Å². The third-order valence-electron chi connectivity index (χ3n) is 4.87. The van der Waals surface area contributed by atoms with E-state index in [9.17, 15) is 0 Å². The first kappa shape index (κ1) is 20.4. The van der Waals surface area contributed by atoms with Crippen molar-refractivity contribution < 1.29 is 4.74 Å². The van der Waals surface area contributed by atoms with E-state index in [2.05, 4.69) is 31.2 Å². The van der Waals surface area contributed by atoms with Crippen molar-refractivity contribution >= 4 is 57.9 Å². The van der Waals surface area contributed by atoms with Crippen LogP contribution in [-0.4, -0.2) is 19.0 Å². The third kappa shape index (κ3) is 3.95. The molecule has 0 aliphatic carbocycles. The number of benzene rings is 3. The highest BCUT2D eigenvalue weighted by atomic mass is 35.5. The molecule has 3 aromatic rings. The van der Waals surface area contributed by atoms with E-state index in [1.165, 1.54) is 5.56 Å². The Kier molecular flexibility index (Phi) is 5.72. The van der Waals surface area contributed by atoms with Crippen LogP contribution in [0.4, 0.5) is 5.69 Å². The van der Waals surface area contributed by atoms with Crippen LogP contribution in [0.5, 0.6) is 5.75 Å². The summed E-state index contributed by atoms with van der Waals surface area (Å²) >= 11 is 18.9. The number of rotatable bonds is 4. The molecule has 148 valence electrons. The Morgan fingerprint density at radius 1 is 1.00 bits per heavy atom. The van der Waals surface area contributed by atoms with Crippen molar-refractivity contribution in [3.8, 4) is 5.75 Å². The van der Waals surface area contributed by atoms with Crippen molar-refractivity contribution in [3.63, 3.8) is 0 Å². The second kappa shape index (κ2) is 8.12. The molecule has 0 spiro atoms. The minimum Gasteiger partial charge on any atom is -0.497 e. The second-order valence-corrected chi connectivity index (χ2v) is 12.1. The minimum absolute atomic E-state index is 0.582. The van der Waals surface area contributed by atoms with Gasteiger partial charge in [0.15, 0.2) is 0 Å². The lowest BCUT2D eigenvalue weighted by atomic mass is 10.1. The lowest BCUT2D eigenvalue weighted by Gasteiger charge is -2.28. The predicted octanol–water partition coefficient (Wildman–Crippen LogP) is 6.25. The highest BCUT2D eigenvalue weighted by molar-refractivity contribution is 8.19. The first-order valence-corrected chi connectivity index (χ1v) is 12.7. The zero-order chi connectivity index (χ0) is 20.6. The van der Waals surface area contributed by atoms with Gasteiger partial charge in [0.05, 0.1) is 29.7 Å². The number of methoxy groups -OCH3 is 1. The van der Waals surface area contributed by atoms with Gasteiger partial charge in [0.1, 0.15) is 5.75 Å². The molecule has 1 unspecified atom stereocenters. The molecule has 0 bridgehead atoms. The lowest BCUT2D eigenvalue weighted by molar-refractivity contribution is 0.415. The quantitative estimate of drug-likeness (QED) is 0.429. The van der Waals surface area contributed by atoms with E-state index in [0.717, 1.165) is 28.0 Å². The number of hydrogen-bond donors (Lipinski definition) is 0. The van der Waals surface area contributed by atoms with Crippen LogP contribution in [0.25, 0.3) is 0 Å². The highest BCUT2D eigenvalue weighted by Crippen LogP contribution is 2.56. The van der Waals surface area contributed by atoms with Gasteiger partial charge in [-0.15, -0.1) is 0 Å². The van der Waals surface area contributed by atoms with E-state index in [1.54, 1.807) is 13.2 Å². The van der Waals surface area contributed by atoms with Crippen molar-refractivity contribution in [2.45, 2.75) is 6.92 Å². The minimum atomic E-state index is -2.24. The molecule has 1 atom stereocenters. The van der Waals surface area contributed by atoms with E-state index < -0.39 is 6.19 Å². The first-order chi connectivity index (χ1) is 13.9. The lowest BCUT2D eigenvalue weighted by Crippen LogP contribution is -2.19. The van der Waals surface area contributed by atoms with Gasteiger partial charge < -0.3 is 4.74 Å². The van der Waals surface area contributed by atoms with Crippen LogP contribution >= 0.6 is 29.4 Å². The molecule has 29 heavy (non-hydrogen) atoms. The molecule has 0 radical (unpaired) electrons. The maximum Gasteiger partial charge on any atom is 0.118 e. The average Bonchev–Trinajstić information content (AvgIpc) is 3.07. The summed E-state index contributed by atoms with van der Waals surface area (Å²) in [5.41, 5.74) is 3.92. The maximum atomic E-state index is 6.48. The monoisotopic (exact) mass is 460 g/mol. The van der Waals surface area contributed by atoms with Gasteiger partial charge in [-0.2, -0.15) is 5.10 Å². The Bertz CT molecular complexity index is 1130. The number of halogens is 2. The predicted molar refractivity (Wildman–Crippen MR) is 128 cm³/mol. The molecular formula is C22H19Cl2N2OPS. The van der Waals surface area contributed by atoms with Crippen LogP contribution in [-0.2, 0) is 11.8 Å². The van der Waals surface area contributed by atoms with E-state index >= 15 is 0 Å². The summed E-state index contributed by atoms with van der Waals surface area (Å²) in [7, 11) is 1.66. The van der Waals surface area contributed by atoms with Crippen LogP contribution in [0.15, 0.2) is 71.8 Å². The summed E-state index contributed by atoms with van der Waals surface area (Å²) in [6.07, 6.45) is -1.59. The van der Waals surface area contributed by atoms with Crippen LogP contribution < -0.4 is 14.8 Å². The Labute approximate surface area is 186 Å². The summed E-state index contributed by atoms with van der Waals surface area (Å²) in [5, 5.41) is 7.22. The molecule has 3 aromatic carbocycles. The average molecular weight is 461 g/mol. The Morgan fingerprint density at radius 2 is 1.69 bits per heavy atom. The van der Waals surface area contributed by atoms with Gasteiger partial charge in [-0.25, -0.2) is 4.78 Å². The van der Waals surface area contributed by atoms with E-state index in [1.807, 2.05) is 41.2 Å². The van der Waals surface area contributed by atoms with Crippen molar-refractivity contribution in [2.24, 2.45) is 5.10 Å². The first-order valence-electron chi connectivity index (χ1n) is 9.04. The standard InChI is InChI=1S/C22H19Cl2N2OPS/c1-15-3-6-17(7-4-15)26-25-22(20-12-5-16(23)13-21(20)24)14-28(26,29)19-10-8-18(27-2)9-11-19/h3-13H,14H2,1-2H3. The topological polar surface area (TPSA) is 24.8 Å². The molecule has 0 aromatic heterocycles. The molecular weight excluding hydrogens is 442 g/mol. The Morgan fingerprint density at radius 3 is 2.31 bits per heavy atom. The van der Waals surface area contributed by atoms with E-state index in [-0.39, 0.29) is 0 Å². The summed E-state index contributed by atoms with van der Waals surface area (Å²) in [4.78, 5) is 0. The summed E-state index contributed by atoms with van der Waals surface area (Å²) in [6.45, 7) is 2.06. The smallest absolute Gasteiger partial charge is 0.118 e. The fourth-order valence-electron chi connectivity index (χ4n) is 3.29. The van der Waals surface area contributed by atoms with Gasteiger partial charge in [-0.1, -0.05) is 58.8 Å². The summed E-state index contributed by atoms with van der Waals surface area (Å²) in [5.74, 6) is 0.804. The summed E-state index contributed by atoms with van der Waals surface area (Å²) in [6, 6.07) is 21.8. The third-order valence-corrected chi connectivity index (χ3v) is 9.67. The second-order valence-electron chi connectivity index (χ2n) is 6.85. The molecule has 1 aliphatic heterocycles. The van der Waals surface area contributed by atoms with Gasteiger partial charge in [-0.05, 0) is 55.5 Å². The van der Waals surface area contributed by atoms with Crippen LogP contribution in [0.2, 0.25) is 10.0 Å². The SMILES string of the molecule is COc1ccc(P2(=S)CC(c3ccc(Cl)cc3Cl)=NN2c2ccc(C)cc2)cc1. The summed E-state index contributed by atoms with van der Waals surface area (Å²) < 4.78 is 7.33. The molecule has 3 nitrogen and oxygen atoms in total. The molecule has 0 saturated carbocycles. The van der Waals surface area contributed by atoms with Crippen LogP contribution in [0.3, 0.4) is 0 Å². The number of aryl methyl sites for hydroxylation is 1. The number of nitrogens with zero attached hydrogens (tertiary/aromatic N) is 2. The number of hydrogen-bond acceptors (Lipinski definition) is 3. The van der Waals surface area contributed by atoms with E-state index in [4.69, 9.17) is 44.8 Å². The number of ether oxygens (including phenoxy) is 1. The fraction of sp³-hybridized carbons (Fsp3) is 0.136. The van der Waals surface area contributed by atoms with Crippen molar-refractivity contribution in [1.29, 1.82) is 0 Å². The highest BCUT2D eigenvalue weighted by Gasteiger charge is 2.37. The van der Waals surface area contributed by atoms with Gasteiger partial charge in [0.25, 0.3) is 0 Å². The van der Waals surface area contributed by atoms with Gasteiger partial charge in [-0.3, -0.25) is 0 Å². The normalized spacial score (nSPS) is 18.6. The molecule has 7 heteroatoms. The molecule has 0 fully saturated rings. The zero-order valence-electron chi connectivity index (χ0n) is 16.0. The molecule has 0 amide bonds. The van der Waals surface area contributed by atoms with Crippen LogP contribution in [0.1, 0.15) is 11.1 Å². The van der Waals surface area contributed by atoms with E-state index in [0.29, 0.717) is 16.2 Å². The molecule has 0 saturated heterocycles. The molecule has 1 aliphatic rings. The van der Waals surface area contributed by atoms with Crippen molar-refractivity contribution in [2.75, 3.05) is 18.1 Å². The number of hydrazone groups is 1. The zero-order valence-corrected chi connectivity index (χ0v) is 19.2. The molecule has 1 heterocycles. The van der Waals surface area contributed by atoms with Crippen molar-refractivity contribution in [3.05, 3.63) is 87.9 Å². The van der Waals surface area contributed by atoms with Gasteiger partial charge >= 0.3 is 0 Å². The number of anilines is 1. The van der Waals surface area contributed by atoms with Gasteiger partial charge in [0.2, 0.25) is 0 Å². The fourth-order valence-corrected chi connectivity index (χ4v) is 7.48. The molecule has 0 N–H and O–H groups in total. The largest absolute Gasteiger partial charge is 0.497 e. The van der Waals surface area contributed by atoms with Gasteiger partial charge in [0, 0.05) is 22.1 Å².